The van der Waals surface area contributed by atoms with Crippen molar-refractivity contribution < 1.29 is 18.3 Å². The highest BCUT2D eigenvalue weighted by Crippen LogP contribution is 2.35. The van der Waals surface area contributed by atoms with Crippen LogP contribution in [0, 0.1) is 13.8 Å². The number of phenols is 1. The van der Waals surface area contributed by atoms with Crippen molar-refractivity contribution in [2.45, 2.75) is 23.9 Å². The molecule has 0 aliphatic rings. The van der Waals surface area contributed by atoms with Gasteiger partial charge in [0.2, 0.25) is 15.9 Å². The van der Waals surface area contributed by atoms with Gasteiger partial charge in [-0.1, -0.05) is 45.4 Å². The Labute approximate surface area is 220 Å². The van der Waals surface area contributed by atoms with Crippen LogP contribution in [-0.2, 0) is 14.8 Å². The van der Waals surface area contributed by atoms with Gasteiger partial charge in [0.25, 0.3) is 0 Å². The molecule has 0 radical (unpaired) electrons. The number of hydrogen-bond donors (Lipinski definition) is 3. The molecule has 186 valence electrons. The van der Waals surface area contributed by atoms with Gasteiger partial charge in [0.1, 0.15) is 5.75 Å². The van der Waals surface area contributed by atoms with Crippen LogP contribution < -0.4 is 10.5 Å². The highest BCUT2D eigenvalue weighted by Gasteiger charge is 2.21. The van der Waals surface area contributed by atoms with Crippen molar-refractivity contribution in [2.75, 3.05) is 11.1 Å². The zero-order chi connectivity index (χ0) is 26.0. The molecular formula is C24H22BrN5O4S2. The van der Waals surface area contributed by atoms with Gasteiger partial charge in [-0.05, 0) is 67.9 Å². The van der Waals surface area contributed by atoms with Crippen LogP contribution >= 0.6 is 27.7 Å². The number of primary sulfonamides is 1. The minimum Gasteiger partial charge on any atom is -0.507 e. The highest BCUT2D eigenvalue weighted by atomic mass is 79.9. The summed E-state index contributed by atoms with van der Waals surface area (Å²) in [7, 11) is -3.81. The summed E-state index contributed by atoms with van der Waals surface area (Å²) in [4.78, 5) is 12.6. The van der Waals surface area contributed by atoms with E-state index in [-0.39, 0.29) is 22.3 Å². The maximum Gasteiger partial charge on any atom is 0.238 e. The number of hydrogen-bond acceptors (Lipinski definition) is 7. The number of benzene rings is 3. The maximum absolute atomic E-state index is 12.6. The third kappa shape index (κ3) is 5.78. The van der Waals surface area contributed by atoms with Gasteiger partial charge < -0.3 is 10.4 Å². The highest BCUT2D eigenvalue weighted by molar-refractivity contribution is 9.10. The van der Waals surface area contributed by atoms with Crippen LogP contribution in [0.2, 0.25) is 0 Å². The van der Waals surface area contributed by atoms with E-state index < -0.39 is 10.0 Å². The molecule has 0 spiro atoms. The summed E-state index contributed by atoms with van der Waals surface area (Å²) < 4.78 is 25.4. The fourth-order valence-electron chi connectivity index (χ4n) is 3.55. The number of phenolic OH excluding ortho intramolecular Hbond substituents is 1. The normalized spacial score (nSPS) is 11.4. The van der Waals surface area contributed by atoms with E-state index in [4.69, 9.17) is 5.14 Å². The Bertz CT molecular complexity index is 1550. The second-order valence-corrected chi connectivity index (χ2v) is 11.4. The summed E-state index contributed by atoms with van der Waals surface area (Å²) in [5, 5.41) is 27.5. The summed E-state index contributed by atoms with van der Waals surface area (Å²) in [6.07, 6.45) is 0. The van der Waals surface area contributed by atoms with Gasteiger partial charge in [0.15, 0.2) is 11.0 Å². The molecule has 0 saturated carbocycles. The van der Waals surface area contributed by atoms with Crippen LogP contribution in [0.5, 0.6) is 5.75 Å². The second-order valence-electron chi connectivity index (χ2n) is 8.00. The minimum absolute atomic E-state index is 0.0183. The predicted octanol–water partition coefficient (Wildman–Crippen LogP) is 4.40. The lowest BCUT2D eigenvalue weighted by atomic mass is 10.1. The van der Waals surface area contributed by atoms with Crippen LogP contribution in [0.3, 0.4) is 0 Å². The molecule has 1 heterocycles. The van der Waals surface area contributed by atoms with E-state index >= 15 is 0 Å². The maximum atomic E-state index is 12.6. The van der Waals surface area contributed by atoms with Crippen LogP contribution in [0.4, 0.5) is 5.69 Å². The Balaban J connectivity index is 1.62. The third-order valence-corrected chi connectivity index (χ3v) is 7.58. The molecule has 4 N–H and O–H groups in total. The van der Waals surface area contributed by atoms with Gasteiger partial charge >= 0.3 is 0 Å². The van der Waals surface area contributed by atoms with Crippen molar-refractivity contribution >= 4 is 49.3 Å². The van der Waals surface area contributed by atoms with Crippen molar-refractivity contribution in [3.63, 3.8) is 0 Å². The number of amides is 1. The van der Waals surface area contributed by atoms with E-state index in [9.17, 15) is 18.3 Å². The van der Waals surface area contributed by atoms with Crippen molar-refractivity contribution in [1.29, 1.82) is 0 Å². The fourth-order valence-corrected chi connectivity index (χ4v) is 5.18. The van der Waals surface area contributed by atoms with Crippen molar-refractivity contribution in [3.05, 3.63) is 76.3 Å². The quantitative estimate of drug-likeness (QED) is 0.272. The molecule has 12 heteroatoms. The Hall–Kier alpha value is -3.19. The van der Waals surface area contributed by atoms with E-state index in [2.05, 4.69) is 31.4 Å². The van der Waals surface area contributed by atoms with E-state index in [1.165, 1.54) is 36.0 Å². The van der Waals surface area contributed by atoms with Gasteiger partial charge in [-0.3, -0.25) is 9.36 Å². The SMILES string of the molecule is Cc1ccc(-n2c(SCC(=O)Nc3ccc(S(N)(=O)=O)cc3)nnc2-c2cc(Br)ccc2O)c(C)c1. The summed E-state index contributed by atoms with van der Waals surface area (Å²) in [5.74, 6) is 0.186. The number of aryl methyl sites for hydroxylation is 2. The van der Waals surface area contributed by atoms with Crippen LogP contribution in [0.1, 0.15) is 11.1 Å². The monoisotopic (exact) mass is 587 g/mol. The number of carbonyl (C=O) groups is 1. The minimum atomic E-state index is -3.81. The zero-order valence-electron chi connectivity index (χ0n) is 19.3. The molecule has 0 unspecified atom stereocenters. The summed E-state index contributed by atoms with van der Waals surface area (Å²) in [5.41, 5.74) is 3.82. The number of carbonyl (C=O) groups excluding carboxylic acids is 1. The second kappa shape index (κ2) is 10.4. The number of nitrogens with two attached hydrogens (primary N) is 1. The summed E-state index contributed by atoms with van der Waals surface area (Å²) in [6.45, 7) is 3.97. The first-order valence-electron chi connectivity index (χ1n) is 10.6. The molecule has 0 fully saturated rings. The van der Waals surface area contributed by atoms with E-state index in [0.29, 0.717) is 22.2 Å². The number of aromatic nitrogens is 3. The molecular weight excluding hydrogens is 566 g/mol. The number of halogens is 1. The smallest absolute Gasteiger partial charge is 0.238 e. The summed E-state index contributed by atoms with van der Waals surface area (Å²) >= 11 is 4.62. The number of nitrogens with zero attached hydrogens (tertiary/aromatic N) is 3. The number of nitrogens with one attached hydrogen (secondary N) is 1. The molecule has 3 aromatic carbocycles. The summed E-state index contributed by atoms with van der Waals surface area (Å²) in [6, 6.07) is 16.6. The van der Waals surface area contributed by atoms with Gasteiger partial charge in [-0.15, -0.1) is 10.2 Å². The zero-order valence-corrected chi connectivity index (χ0v) is 22.5. The lowest BCUT2D eigenvalue weighted by Gasteiger charge is -2.14. The van der Waals surface area contributed by atoms with E-state index in [1.807, 2.05) is 36.6 Å². The lowest BCUT2D eigenvalue weighted by Crippen LogP contribution is -2.15. The number of thioether (sulfide) groups is 1. The number of sulfonamides is 1. The molecule has 0 saturated heterocycles. The van der Waals surface area contributed by atoms with Gasteiger partial charge in [0, 0.05) is 10.2 Å². The number of rotatable bonds is 7. The van der Waals surface area contributed by atoms with Crippen molar-refractivity contribution in [2.24, 2.45) is 5.14 Å². The number of anilines is 1. The van der Waals surface area contributed by atoms with Crippen molar-refractivity contribution in [1.82, 2.24) is 14.8 Å². The Kier molecular flexibility index (Phi) is 7.50. The van der Waals surface area contributed by atoms with Gasteiger partial charge in [-0.2, -0.15) is 0 Å². The number of aromatic hydroxyl groups is 1. The molecule has 0 aliphatic heterocycles. The van der Waals surface area contributed by atoms with E-state index in [1.54, 1.807) is 18.2 Å². The van der Waals surface area contributed by atoms with E-state index in [0.717, 1.165) is 21.3 Å². The van der Waals surface area contributed by atoms with Gasteiger partial charge in [0.05, 0.1) is 21.9 Å². The molecule has 0 bridgehead atoms. The third-order valence-electron chi connectivity index (χ3n) is 5.23. The first-order chi connectivity index (χ1) is 17.0. The molecule has 0 aliphatic carbocycles. The largest absolute Gasteiger partial charge is 0.507 e. The first kappa shape index (κ1) is 25.9. The average Bonchev–Trinajstić information content (AvgIpc) is 3.22. The Morgan fingerprint density at radius 3 is 2.47 bits per heavy atom. The molecule has 1 amide bonds. The lowest BCUT2D eigenvalue weighted by molar-refractivity contribution is -0.113. The first-order valence-corrected chi connectivity index (χ1v) is 13.9. The van der Waals surface area contributed by atoms with Crippen molar-refractivity contribution in [3.8, 4) is 22.8 Å². The molecule has 4 aromatic rings. The predicted molar refractivity (Wildman–Crippen MR) is 143 cm³/mol. The van der Waals surface area contributed by atoms with Crippen LogP contribution in [0.25, 0.3) is 17.1 Å². The standard InChI is InChI=1S/C24H22BrN5O4S2/c1-14-3-9-20(15(2)11-14)30-23(19-12-16(25)4-10-21(19)31)28-29-24(30)35-13-22(32)27-17-5-7-18(8-6-17)36(26,33)34/h3-12,31H,13H2,1-2H3,(H,27,32)(H2,26,33,34). The molecule has 0 atom stereocenters. The van der Waals surface area contributed by atoms with Crippen LogP contribution in [0.15, 0.2) is 75.2 Å². The fraction of sp³-hybridized carbons (Fsp3) is 0.125. The molecule has 9 nitrogen and oxygen atoms in total. The van der Waals surface area contributed by atoms with Crippen LogP contribution in [-0.4, -0.2) is 39.9 Å². The Morgan fingerprint density at radius 1 is 1.08 bits per heavy atom. The topological polar surface area (TPSA) is 140 Å². The van der Waals surface area contributed by atoms with Gasteiger partial charge in [-0.25, -0.2) is 13.6 Å². The molecule has 1 aromatic heterocycles. The Morgan fingerprint density at radius 2 is 1.81 bits per heavy atom. The molecule has 36 heavy (non-hydrogen) atoms. The molecule has 4 rings (SSSR count). The average molecular weight is 589 g/mol.